The molecule has 0 N–H and O–H groups in total. The molecule has 1 fully saturated rings. The number of ether oxygens (including phenoxy) is 2. The van der Waals surface area contributed by atoms with Crippen molar-refractivity contribution in [2.24, 2.45) is 5.92 Å². The third-order valence-corrected chi connectivity index (χ3v) is 3.04. The highest BCUT2D eigenvalue weighted by atomic mass is 32.1. The van der Waals surface area contributed by atoms with Crippen LogP contribution in [0.2, 0.25) is 0 Å². The second-order valence-electron chi connectivity index (χ2n) is 5.78. The number of hydrogen-bond donors (Lipinski definition) is 1. The highest BCUT2D eigenvalue weighted by Crippen LogP contribution is 2.24. The Morgan fingerprint density at radius 2 is 1.75 bits per heavy atom. The Kier molecular flexibility index (Phi) is 8.01. The molecule has 1 aliphatic rings. The molecule has 0 aromatic heterocycles. The maximum atomic E-state index is 12.0. The SMILES string of the molecule is COC(=O)C1CCC(C)N(C(=O)OC(C)(C)C)C1.CS. The molecule has 1 amide bonds. The maximum Gasteiger partial charge on any atom is 0.410 e. The summed E-state index contributed by atoms with van der Waals surface area (Å²) in [5.74, 6) is -0.492. The van der Waals surface area contributed by atoms with E-state index < -0.39 is 5.60 Å². The van der Waals surface area contributed by atoms with E-state index in [2.05, 4.69) is 12.6 Å². The van der Waals surface area contributed by atoms with E-state index in [1.807, 2.05) is 27.7 Å². The number of nitrogens with zero attached hydrogens (tertiary/aromatic N) is 1. The highest BCUT2D eigenvalue weighted by Gasteiger charge is 2.35. The van der Waals surface area contributed by atoms with E-state index in [0.29, 0.717) is 6.54 Å². The molecule has 118 valence electrons. The van der Waals surface area contributed by atoms with Crippen molar-refractivity contribution in [3.63, 3.8) is 0 Å². The van der Waals surface area contributed by atoms with Crippen molar-refractivity contribution in [1.29, 1.82) is 0 Å². The van der Waals surface area contributed by atoms with Crippen LogP contribution in [-0.4, -0.2) is 48.5 Å². The van der Waals surface area contributed by atoms with Gasteiger partial charge < -0.3 is 14.4 Å². The molecule has 0 aliphatic carbocycles. The standard InChI is InChI=1S/C13H23NO4.CH4S/c1-9-6-7-10(11(15)17-5)8-14(9)12(16)18-13(2,3)4;1-2/h9-10H,6-8H2,1-5H3;2H,1H3. The number of hydrogen-bond acceptors (Lipinski definition) is 5. The fourth-order valence-corrected chi connectivity index (χ4v) is 2.04. The molecular formula is C14H27NO4S. The van der Waals surface area contributed by atoms with E-state index in [1.165, 1.54) is 7.11 Å². The second-order valence-corrected chi connectivity index (χ2v) is 5.78. The van der Waals surface area contributed by atoms with Gasteiger partial charge in [0, 0.05) is 12.6 Å². The largest absolute Gasteiger partial charge is 0.469 e. The average molecular weight is 305 g/mol. The normalized spacial score (nSPS) is 22.4. The molecule has 2 unspecified atom stereocenters. The second kappa shape index (κ2) is 8.39. The minimum absolute atomic E-state index is 0.0979. The van der Waals surface area contributed by atoms with Crippen LogP contribution in [0.5, 0.6) is 0 Å². The molecule has 6 heteroatoms. The van der Waals surface area contributed by atoms with Crippen LogP contribution >= 0.6 is 12.6 Å². The van der Waals surface area contributed by atoms with Gasteiger partial charge in [0.05, 0.1) is 13.0 Å². The first kappa shape index (κ1) is 19.1. The van der Waals surface area contributed by atoms with Gasteiger partial charge in [0.25, 0.3) is 0 Å². The Morgan fingerprint density at radius 3 is 2.20 bits per heavy atom. The van der Waals surface area contributed by atoms with Gasteiger partial charge in [-0.15, -0.1) is 0 Å². The Labute approximate surface area is 127 Å². The first-order valence-electron chi connectivity index (χ1n) is 6.76. The van der Waals surface area contributed by atoms with Crippen molar-refractivity contribution in [2.45, 2.75) is 52.2 Å². The predicted octanol–water partition coefficient (Wildman–Crippen LogP) is 2.74. The van der Waals surface area contributed by atoms with E-state index in [4.69, 9.17) is 9.47 Å². The zero-order valence-corrected chi connectivity index (χ0v) is 14.2. The molecule has 2 atom stereocenters. The van der Waals surface area contributed by atoms with Gasteiger partial charge in [-0.2, -0.15) is 12.6 Å². The number of amides is 1. The Bertz CT molecular complexity index is 328. The van der Waals surface area contributed by atoms with Crippen molar-refractivity contribution in [1.82, 2.24) is 4.90 Å². The molecule has 0 bridgehead atoms. The molecule has 0 saturated carbocycles. The molecule has 0 radical (unpaired) electrons. The number of carbonyl (C=O) groups excluding carboxylic acids is 2. The van der Waals surface area contributed by atoms with Gasteiger partial charge in [0.2, 0.25) is 0 Å². The predicted molar refractivity (Wildman–Crippen MR) is 82.1 cm³/mol. The number of methoxy groups -OCH3 is 1. The fourth-order valence-electron chi connectivity index (χ4n) is 2.04. The molecule has 1 rings (SSSR count). The molecule has 1 heterocycles. The number of rotatable bonds is 1. The minimum Gasteiger partial charge on any atom is -0.469 e. The first-order chi connectivity index (χ1) is 9.24. The van der Waals surface area contributed by atoms with Crippen LogP contribution < -0.4 is 0 Å². The van der Waals surface area contributed by atoms with Gasteiger partial charge in [-0.05, 0) is 46.8 Å². The summed E-state index contributed by atoms with van der Waals surface area (Å²) in [5.41, 5.74) is -0.519. The quantitative estimate of drug-likeness (QED) is 0.598. The molecule has 20 heavy (non-hydrogen) atoms. The van der Waals surface area contributed by atoms with E-state index >= 15 is 0 Å². The summed E-state index contributed by atoms with van der Waals surface area (Å²) >= 11 is 3.53. The molecule has 0 spiro atoms. The smallest absolute Gasteiger partial charge is 0.410 e. The van der Waals surface area contributed by atoms with Crippen LogP contribution in [0.3, 0.4) is 0 Å². The highest BCUT2D eigenvalue weighted by molar-refractivity contribution is 7.79. The minimum atomic E-state index is -0.519. The summed E-state index contributed by atoms with van der Waals surface area (Å²) in [6.45, 7) is 7.84. The monoisotopic (exact) mass is 305 g/mol. The summed E-state index contributed by atoms with van der Waals surface area (Å²) < 4.78 is 10.1. The van der Waals surface area contributed by atoms with Crippen molar-refractivity contribution < 1.29 is 19.1 Å². The van der Waals surface area contributed by atoms with E-state index in [9.17, 15) is 9.59 Å². The molecule has 1 aliphatic heterocycles. The van der Waals surface area contributed by atoms with Gasteiger partial charge >= 0.3 is 12.1 Å². The summed E-state index contributed by atoms with van der Waals surface area (Å²) in [6.07, 6.45) is 2.88. The lowest BCUT2D eigenvalue weighted by Gasteiger charge is -2.37. The summed E-state index contributed by atoms with van der Waals surface area (Å²) in [7, 11) is 1.37. The maximum absolute atomic E-state index is 12.0. The van der Waals surface area contributed by atoms with E-state index in [-0.39, 0.29) is 24.0 Å². The first-order valence-corrected chi connectivity index (χ1v) is 7.66. The molecule has 1 saturated heterocycles. The van der Waals surface area contributed by atoms with Crippen molar-refractivity contribution in [3.8, 4) is 0 Å². The number of carbonyl (C=O) groups is 2. The molecule has 5 nitrogen and oxygen atoms in total. The van der Waals surface area contributed by atoms with Crippen LogP contribution in [0.1, 0.15) is 40.5 Å². The average Bonchev–Trinajstić information content (AvgIpc) is 2.38. The van der Waals surface area contributed by atoms with Gasteiger partial charge in [0.15, 0.2) is 0 Å². The lowest BCUT2D eigenvalue weighted by atomic mass is 9.94. The van der Waals surface area contributed by atoms with Crippen LogP contribution in [-0.2, 0) is 14.3 Å². The summed E-state index contributed by atoms with van der Waals surface area (Å²) in [4.78, 5) is 25.2. The molecule has 0 aromatic rings. The number of esters is 1. The van der Waals surface area contributed by atoms with Gasteiger partial charge in [-0.3, -0.25) is 4.79 Å². The van der Waals surface area contributed by atoms with Gasteiger partial charge in [-0.25, -0.2) is 4.79 Å². The summed E-state index contributed by atoms with van der Waals surface area (Å²) in [6, 6.07) is 0.0979. The van der Waals surface area contributed by atoms with Crippen molar-refractivity contribution in [2.75, 3.05) is 19.9 Å². The van der Waals surface area contributed by atoms with Crippen LogP contribution in [0.4, 0.5) is 4.79 Å². The molecule has 0 aromatic carbocycles. The van der Waals surface area contributed by atoms with Crippen LogP contribution in [0.15, 0.2) is 0 Å². The third-order valence-electron chi connectivity index (χ3n) is 3.04. The van der Waals surface area contributed by atoms with Gasteiger partial charge in [0.1, 0.15) is 5.60 Å². The van der Waals surface area contributed by atoms with Crippen molar-refractivity contribution in [3.05, 3.63) is 0 Å². The number of piperidine rings is 1. The lowest BCUT2D eigenvalue weighted by Crippen LogP contribution is -2.49. The van der Waals surface area contributed by atoms with Gasteiger partial charge in [-0.1, -0.05) is 0 Å². The van der Waals surface area contributed by atoms with Crippen LogP contribution in [0.25, 0.3) is 0 Å². The summed E-state index contributed by atoms with van der Waals surface area (Å²) in [5, 5.41) is 0. The zero-order valence-electron chi connectivity index (χ0n) is 13.3. The van der Waals surface area contributed by atoms with E-state index in [1.54, 1.807) is 11.2 Å². The van der Waals surface area contributed by atoms with E-state index in [0.717, 1.165) is 12.8 Å². The number of thiol groups is 1. The van der Waals surface area contributed by atoms with Crippen molar-refractivity contribution >= 4 is 24.7 Å². The fraction of sp³-hybridized carbons (Fsp3) is 0.857. The Balaban J connectivity index is 0.00000172. The Morgan fingerprint density at radius 1 is 1.20 bits per heavy atom. The topological polar surface area (TPSA) is 55.8 Å². The van der Waals surface area contributed by atoms with Crippen LogP contribution in [0, 0.1) is 5.92 Å². The lowest BCUT2D eigenvalue weighted by molar-refractivity contribution is -0.147. The Hall–Kier alpha value is -0.910. The zero-order chi connectivity index (χ0) is 15.9. The number of likely N-dealkylation sites (tertiary alicyclic amines) is 1. The molecular weight excluding hydrogens is 278 g/mol. The third kappa shape index (κ3) is 6.03.